The monoisotopic (exact) mass is 384 g/mol. The Hall–Kier alpha value is -2.57. The minimum atomic E-state index is -0.542. The number of aromatic nitrogens is 2. The normalized spacial score (nSPS) is 24.2. The van der Waals surface area contributed by atoms with Gasteiger partial charge < -0.3 is 19.4 Å². The van der Waals surface area contributed by atoms with E-state index in [1.165, 1.54) is 0 Å². The third kappa shape index (κ3) is 3.34. The molecule has 28 heavy (non-hydrogen) atoms. The fourth-order valence-corrected chi connectivity index (χ4v) is 4.24. The van der Waals surface area contributed by atoms with Crippen LogP contribution in [0.5, 0.6) is 0 Å². The standard InChI is InChI=1S/C21H28N4O3/c1-20(2,3)28-19(27)24-11-13-14(12-24)17(13)18(26)23-21(4,5)15-10-22-16-8-6-7-9-25(15)16/h6-10,13-14,17H,11-12H2,1-5H3,(H,23,26)/t13-,14+,17+. The van der Waals surface area contributed by atoms with E-state index >= 15 is 0 Å². The van der Waals surface area contributed by atoms with Gasteiger partial charge in [-0.3, -0.25) is 4.79 Å². The molecule has 7 heteroatoms. The average molecular weight is 384 g/mol. The summed E-state index contributed by atoms with van der Waals surface area (Å²) in [6, 6.07) is 5.84. The first kappa shape index (κ1) is 18.8. The highest BCUT2D eigenvalue weighted by molar-refractivity contribution is 5.84. The average Bonchev–Trinajstić information content (AvgIpc) is 2.96. The summed E-state index contributed by atoms with van der Waals surface area (Å²) in [6.45, 7) is 10.8. The van der Waals surface area contributed by atoms with Crippen LogP contribution in [0.1, 0.15) is 40.3 Å². The fourth-order valence-electron chi connectivity index (χ4n) is 4.24. The van der Waals surface area contributed by atoms with E-state index < -0.39 is 11.1 Å². The molecular formula is C21H28N4O3. The van der Waals surface area contributed by atoms with E-state index in [0.717, 1.165) is 11.3 Å². The fraction of sp³-hybridized carbons (Fsp3) is 0.571. The minimum absolute atomic E-state index is 0.0304. The molecule has 2 aromatic rings. The highest BCUT2D eigenvalue weighted by Gasteiger charge is 2.61. The van der Waals surface area contributed by atoms with Crippen molar-refractivity contribution in [3.05, 3.63) is 36.3 Å². The third-order valence-corrected chi connectivity index (χ3v) is 5.64. The first-order chi connectivity index (χ1) is 13.1. The van der Waals surface area contributed by atoms with Gasteiger partial charge in [-0.2, -0.15) is 0 Å². The number of ether oxygens (including phenoxy) is 1. The number of nitrogens with one attached hydrogen (secondary N) is 1. The molecule has 7 nitrogen and oxygen atoms in total. The van der Waals surface area contributed by atoms with Gasteiger partial charge in [-0.1, -0.05) is 6.07 Å². The number of piperidine rings is 1. The number of fused-ring (bicyclic) bond motifs is 2. The largest absolute Gasteiger partial charge is 0.444 e. The molecule has 0 aromatic carbocycles. The number of nitrogens with zero attached hydrogens (tertiary/aromatic N) is 3. The Kier molecular flexibility index (Phi) is 4.17. The molecule has 4 rings (SSSR count). The molecule has 3 atom stereocenters. The van der Waals surface area contributed by atoms with Gasteiger partial charge in [0, 0.05) is 25.2 Å². The lowest BCUT2D eigenvalue weighted by Crippen LogP contribution is -2.44. The smallest absolute Gasteiger partial charge is 0.410 e. The molecule has 1 aliphatic carbocycles. The number of hydrogen-bond acceptors (Lipinski definition) is 4. The Morgan fingerprint density at radius 1 is 1.14 bits per heavy atom. The number of carbonyl (C=O) groups is 2. The second kappa shape index (κ2) is 6.22. The summed E-state index contributed by atoms with van der Waals surface area (Å²) in [5, 5.41) is 3.19. The molecule has 0 bridgehead atoms. The molecule has 3 heterocycles. The van der Waals surface area contributed by atoms with Gasteiger partial charge in [0.05, 0.1) is 17.4 Å². The van der Waals surface area contributed by atoms with Crippen molar-refractivity contribution in [1.82, 2.24) is 19.6 Å². The van der Waals surface area contributed by atoms with Gasteiger partial charge in [0.15, 0.2) is 0 Å². The van der Waals surface area contributed by atoms with Crippen LogP contribution in [0.2, 0.25) is 0 Å². The Morgan fingerprint density at radius 3 is 2.46 bits per heavy atom. The second-order valence-corrected chi connectivity index (χ2v) is 9.43. The molecular weight excluding hydrogens is 356 g/mol. The van der Waals surface area contributed by atoms with Crippen molar-refractivity contribution in [2.45, 2.75) is 45.8 Å². The zero-order chi connectivity index (χ0) is 20.3. The zero-order valence-electron chi connectivity index (χ0n) is 17.1. The molecule has 0 radical (unpaired) electrons. The summed E-state index contributed by atoms with van der Waals surface area (Å²) in [6.07, 6.45) is 3.48. The maximum absolute atomic E-state index is 12.9. The van der Waals surface area contributed by atoms with Crippen LogP contribution in [-0.4, -0.2) is 45.0 Å². The van der Waals surface area contributed by atoms with Crippen LogP contribution in [0.3, 0.4) is 0 Å². The lowest BCUT2D eigenvalue weighted by Gasteiger charge is -2.28. The summed E-state index contributed by atoms with van der Waals surface area (Å²) < 4.78 is 7.43. The van der Waals surface area contributed by atoms with E-state index in [0.29, 0.717) is 13.1 Å². The lowest BCUT2D eigenvalue weighted by atomic mass is 10.0. The predicted molar refractivity (Wildman–Crippen MR) is 105 cm³/mol. The van der Waals surface area contributed by atoms with Gasteiger partial charge in [0.2, 0.25) is 5.91 Å². The SMILES string of the molecule is CC(C)(C)OC(=O)N1C[C@@H]2[C@H](C1)[C@H]2C(=O)NC(C)(C)c1cnc2ccccn12. The van der Waals surface area contributed by atoms with Crippen LogP contribution in [0, 0.1) is 17.8 Å². The van der Waals surface area contributed by atoms with Gasteiger partial charge in [-0.25, -0.2) is 9.78 Å². The first-order valence-corrected chi connectivity index (χ1v) is 9.79. The summed E-state index contributed by atoms with van der Waals surface area (Å²) in [4.78, 5) is 31.2. The number of pyridine rings is 1. The number of amides is 2. The summed E-state index contributed by atoms with van der Waals surface area (Å²) in [5.41, 5.74) is 0.756. The Morgan fingerprint density at radius 2 is 1.82 bits per heavy atom. The number of carbonyl (C=O) groups excluding carboxylic acids is 2. The van der Waals surface area contributed by atoms with Gasteiger partial charge in [-0.15, -0.1) is 0 Å². The van der Waals surface area contributed by atoms with Crippen molar-refractivity contribution in [1.29, 1.82) is 0 Å². The van der Waals surface area contributed by atoms with Gasteiger partial charge >= 0.3 is 6.09 Å². The van der Waals surface area contributed by atoms with Crippen molar-refractivity contribution in [2.75, 3.05) is 13.1 Å². The van der Waals surface area contributed by atoms with Crippen molar-refractivity contribution < 1.29 is 14.3 Å². The quantitative estimate of drug-likeness (QED) is 0.883. The van der Waals surface area contributed by atoms with Crippen LogP contribution in [-0.2, 0) is 15.1 Å². The van der Waals surface area contributed by atoms with Crippen LogP contribution in [0.15, 0.2) is 30.6 Å². The Balaban J connectivity index is 1.38. The van der Waals surface area contributed by atoms with Crippen LogP contribution in [0.25, 0.3) is 5.65 Å². The van der Waals surface area contributed by atoms with Crippen LogP contribution in [0.4, 0.5) is 4.79 Å². The number of likely N-dealkylation sites (tertiary alicyclic amines) is 1. The van der Waals surface area contributed by atoms with E-state index in [-0.39, 0.29) is 29.8 Å². The Bertz CT molecular complexity index is 915. The van der Waals surface area contributed by atoms with Crippen molar-refractivity contribution in [3.8, 4) is 0 Å². The molecule has 2 fully saturated rings. The molecule has 2 aromatic heterocycles. The molecule has 1 aliphatic heterocycles. The van der Waals surface area contributed by atoms with E-state index in [9.17, 15) is 9.59 Å². The maximum Gasteiger partial charge on any atom is 0.410 e. The highest BCUT2D eigenvalue weighted by Crippen LogP contribution is 2.52. The molecule has 1 N–H and O–H groups in total. The van der Waals surface area contributed by atoms with Crippen LogP contribution >= 0.6 is 0 Å². The molecule has 0 unspecified atom stereocenters. The van der Waals surface area contributed by atoms with E-state index in [1.807, 2.05) is 69.6 Å². The molecule has 0 spiro atoms. The maximum atomic E-state index is 12.9. The molecule has 1 saturated heterocycles. The van der Waals surface area contributed by atoms with Crippen molar-refractivity contribution in [2.24, 2.45) is 17.8 Å². The van der Waals surface area contributed by atoms with E-state index in [1.54, 1.807) is 4.90 Å². The van der Waals surface area contributed by atoms with E-state index in [4.69, 9.17) is 4.74 Å². The minimum Gasteiger partial charge on any atom is -0.444 e. The lowest BCUT2D eigenvalue weighted by molar-refractivity contribution is -0.125. The third-order valence-electron chi connectivity index (χ3n) is 5.64. The van der Waals surface area contributed by atoms with Gasteiger partial charge in [0.1, 0.15) is 11.2 Å². The summed E-state index contributed by atoms with van der Waals surface area (Å²) in [5.74, 6) is 0.475. The number of imidazole rings is 1. The van der Waals surface area contributed by atoms with E-state index in [2.05, 4.69) is 10.3 Å². The Labute approximate surface area is 165 Å². The molecule has 1 saturated carbocycles. The number of hydrogen-bond donors (Lipinski definition) is 1. The predicted octanol–water partition coefficient (Wildman–Crippen LogP) is 2.80. The molecule has 2 amide bonds. The second-order valence-electron chi connectivity index (χ2n) is 9.43. The topological polar surface area (TPSA) is 75.9 Å². The molecule has 2 aliphatic rings. The first-order valence-electron chi connectivity index (χ1n) is 9.79. The van der Waals surface area contributed by atoms with Crippen LogP contribution < -0.4 is 5.32 Å². The highest BCUT2D eigenvalue weighted by atomic mass is 16.6. The molecule has 150 valence electrons. The van der Waals surface area contributed by atoms with Crippen molar-refractivity contribution >= 4 is 17.6 Å². The van der Waals surface area contributed by atoms with Crippen molar-refractivity contribution in [3.63, 3.8) is 0 Å². The zero-order valence-corrected chi connectivity index (χ0v) is 17.1. The summed E-state index contributed by atoms with van der Waals surface area (Å²) >= 11 is 0. The summed E-state index contributed by atoms with van der Waals surface area (Å²) in [7, 11) is 0. The number of rotatable bonds is 3. The van der Waals surface area contributed by atoms with Gasteiger partial charge in [0.25, 0.3) is 0 Å². The van der Waals surface area contributed by atoms with Gasteiger partial charge in [-0.05, 0) is 58.6 Å².